The SMILES string of the molecule is CN(C(=O)CCc1ccco1)c1cn(-c2cccnc2)nc1Cl. The summed E-state index contributed by atoms with van der Waals surface area (Å²) in [6, 6.07) is 7.32. The number of carbonyl (C=O) groups excluding carboxylic acids is 1. The van der Waals surface area contributed by atoms with E-state index in [0.29, 0.717) is 18.5 Å². The van der Waals surface area contributed by atoms with E-state index in [1.54, 1.807) is 42.6 Å². The molecule has 0 fully saturated rings. The molecule has 0 aromatic carbocycles. The maximum absolute atomic E-state index is 12.3. The van der Waals surface area contributed by atoms with Crippen LogP contribution in [-0.2, 0) is 11.2 Å². The van der Waals surface area contributed by atoms with Gasteiger partial charge in [-0.3, -0.25) is 9.78 Å². The molecule has 6 nitrogen and oxygen atoms in total. The number of pyridine rings is 1. The Balaban J connectivity index is 1.73. The minimum atomic E-state index is -0.0611. The van der Waals surface area contributed by atoms with Crippen LogP contribution in [0.4, 0.5) is 5.69 Å². The Hall–Kier alpha value is -2.60. The van der Waals surface area contributed by atoms with Gasteiger partial charge in [-0.25, -0.2) is 4.68 Å². The lowest BCUT2D eigenvalue weighted by molar-refractivity contribution is -0.118. The molecule has 7 heteroatoms. The summed E-state index contributed by atoms with van der Waals surface area (Å²) < 4.78 is 6.83. The number of aryl methyl sites for hydroxylation is 1. The first-order valence-electron chi connectivity index (χ1n) is 7.09. The van der Waals surface area contributed by atoms with Gasteiger partial charge in [-0.05, 0) is 24.3 Å². The average Bonchev–Trinajstić information content (AvgIpc) is 3.22. The lowest BCUT2D eigenvalue weighted by Crippen LogP contribution is -2.26. The third-order valence-corrected chi connectivity index (χ3v) is 3.73. The third kappa shape index (κ3) is 3.43. The van der Waals surface area contributed by atoms with Crippen molar-refractivity contribution in [2.75, 3.05) is 11.9 Å². The molecule has 0 bridgehead atoms. The van der Waals surface area contributed by atoms with Crippen LogP contribution in [-0.4, -0.2) is 27.7 Å². The van der Waals surface area contributed by atoms with Crippen molar-refractivity contribution in [1.29, 1.82) is 0 Å². The van der Waals surface area contributed by atoms with Gasteiger partial charge < -0.3 is 9.32 Å². The minimum absolute atomic E-state index is 0.0611. The molecule has 3 rings (SSSR count). The van der Waals surface area contributed by atoms with Crippen LogP contribution < -0.4 is 4.90 Å². The number of hydrogen-bond acceptors (Lipinski definition) is 4. The molecule has 0 unspecified atom stereocenters. The summed E-state index contributed by atoms with van der Waals surface area (Å²) in [6.45, 7) is 0. The lowest BCUT2D eigenvalue weighted by atomic mass is 10.2. The Bertz CT molecular complexity index is 784. The fourth-order valence-electron chi connectivity index (χ4n) is 2.18. The van der Waals surface area contributed by atoms with Gasteiger partial charge in [-0.1, -0.05) is 11.6 Å². The van der Waals surface area contributed by atoms with E-state index in [1.807, 2.05) is 18.2 Å². The van der Waals surface area contributed by atoms with Crippen molar-refractivity contribution in [2.45, 2.75) is 12.8 Å². The van der Waals surface area contributed by atoms with Gasteiger partial charge in [0, 0.05) is 26.1 Å². The lowest BCUT2D eigenvalue weighted by Gasteiger charge is -2.15. The van der Waals surface area contributed by atoms with Gasteiger partial charge in [0.15, 0.2) is 5.15 Å². The number of carbonyl (C=O) groups is 1. The Morgan fingerprint density at radius 3 is 2.96 bits per heavy atom. The first-order valence-corrected chi connectivity index (χ1v) is 7.47. The largest absolute Gasteiger partial charge is 0.469 e. The first-order chi connectivity index (χ1) is 11.1. The highest BCUT2D eigenvalue weighted by atomic mass is 35.5. The van der Waals surface area contributed by atoms with Crippen LogP contribution in [0.15, 0.2) is 53.5 Å². The Morgan fingerprint density at radius 2 is 2.26 bits per heavy atom. The van der Waals surface area contributed by atoms with E-state index < -0.39 is 0 Å². The van der Waals surface area contributed by atoms with Crippen LogP contribution in [0.25, 0.3) is 5.69 Å². The van der Waals surface area contributed by atoms with Gasteiger partial charge in [0.25, 0.3) is 0 Å². The van der Waals surface area contributed by atoms with E-state index in [1.165, 1.54) is 4.90 Å². The molecular formula is C16H15ClN4O2. The zero-order chi connectivity index (χ0) is 16.2. The predicted octanol–water partition coefficient (Wildman–Crippen LogP) is 3.11. The second kappa shape index (κ2) is 6.66. The highest BCUT2D eigenvalue weighted by Crippen LogP contribution is 2.25. The van der Waals surface area contributed by atoms with E-state index in [2.05, 4.69) is 10.1 Å². The molecule has 3 aromatic heterocycles. The summed E-state index contributed by atoms with van der Waals surface area (Å²) in [7, 11) is 1.68. The van der Waals surface area contributed by atoms with Crippen LogP contribution in [0.5, 0.6) is 0 Å². The smallest absolute Gasteiger partial charge is 0.227 e. The van der Waals surface area contributed by atoms with Crippen molar-refractivity contribution in [3.63, 3.8) is 0 Å². The van der Waals surface area contributed by atoms with E-state index in [9.17, 15) is 4.79 Å². The molecule has 0 saturated carbocycles. The van der Waals surface area contributed by atoms with E-state index in [0.717, 1.165) is 11.4 Å². The Labute approximate surface area is 138 Å². The number of hydrogen-bond donors (Lipinski definition) is 0. The molecule has 0 aliphatic heterocycles. The number of furan rings is 1. The third-order valence-electron chi connectivity index (χ3n) is 3.46. The Morgan fingerprint density at radius 1 is 1.39 bits per heavy atom. The van der Waals surface area contributed by atoms with Crippen molar-refractivity contribution >= 4 is 23.2 Å². The van der Waals surface area contributed by atoms with Crippen LogP contribution in [0.1, 0.15) is 12.2 Å². The van der Waals surface area contributed by atoms with Crippen LogP contribution in [0.3, 0.4) is 0 Å². The summed E-state index contributed by atoms with van der Waals surface area (Å²) in [5.74, 6) is 0.720. The maximum atomic E-state index is 12.3. The fraction of sp³-hybridized carbons (Fsp3) is 0.188. The number of amides is 1. The minimum Gasteiger partial charge on any atom is -0.469 e. The molecule has 0 aliphatic carbocycles. The maximum Gasteiger partial charge on any atom is 0.227 e. The molecule has 0 saturated heterocycles. The predicted molar refractivity (Wildman–Crippen MR) is 86.8 cm³/mol. The normalized spacial score (nSPS) is 10.7. The van der Waals surface area contributed by atoms with Crippen molar-refractivity contribution in [1.82, 2.24) is 14.8 Å². The molecule has 23 heavy (non-hydrogen) atoms. The molecule has 0 radical (unpaired) electrons. The number of rotatable bonds is 5. The van der Waals surface area contributed by atoms with Gasteiger partial charge in [0.2, 0.25) is 5.91 Å². The average molecular weight is 331 g/mol. The molecular weight excluding hydrogens is 316 g/mol. The van der Waals surface area contributed by atoms with Crippen molar-refractivity contribution in [2.24, 2.45) is 0 Å². The molecule has 118 valence electrons. The topological polar surface area (TPSA) is 64.2 Å². The zero-order valence-corrected chi connectivity index (χ0v) is 13.3. The molecule has 3 aromatic rings. The summed E-state index contributed by atoms with van der Waals surface area (Å²) in [4.78, 5) is 17.9. The van der Waals surface area contributed by atoms with E-state index in [4.69, 9.17) is 16.0 Å². The highest BCUT2D eigenvalue weighted by Gasteiger charge is 2.18. The molecule has 3 heterocycles. The number of halogens is 1. The van der Waals surface area contributed by atoms with Crippen LogP contribution in [0.2, 0.25) is 5.15 Å². The van der Waals surface area contributed by atoms with Crippen molar-refractivity contribution in [3.8, 4) is 5.69 Å². The number of nitrogens with zero attached hydrogens (tertiary/aromatic N) is 4. The second-order valence-corrected chi connectivity index (χ2v) is 5.35. The van der Waals surface area contributed by atoms with Gasteiger partial charge in [0.05, 0.1) is 24.3 Å². The number of anilines is 1. The standard InChI is InChI=1S/C16H15ClN4O2/c1-20(15(22)7-6-13-5-3-9-23-13)14-11-21(19-16(14)17)12-4-2-8-18-10-12/h2-5,8-11H,6-7H2,1H3. The summed E-state index contributed by atoms with van der Waals surface area (Å²) >= 11 is 6.17. The molecule has 0 aliphatic rings. The Kier molecular flexibility index (Phi) is 4.43. The van der Waals surface area contributed by atoms with Gasteiger partial charge in [-0.15, -0.1) is 0 Å². The summed E-state index contributed by atoms with van der Waals surface area (Å²) in [5, 5.41) is 4.49. The van der Waals surface area contributed by atoms with Crippen LogP contribution in [0, 0.1) is 0 Å². The van der Waals surface area contributed by atoms with E-state index >= 15 is 0 Å². The van der Waals surface area contributed by atoms with Crippen molar-refractivity contribution < 1.29 is 9.21 Å². The second-order valence-electron chi connectivity index (χ2n) is 4.99. The summed E-state index contributed by atoms with van der Waals surface area (Å²) in [6.07, 6.45) is 7.54. The van der Waals surface area contributed by atoms with E-state index in [-0.39, 0.29) is 11.1 Å². The number of aromatic nitrogens is 3. The monoisotopic (exact) mass is 330 g/mol. The zero-order valence-electron chi connectivity index (χ0n) is 12.5. The van der Waals surface area contributed by atoms with Crippen LogP contribution >= 0.6 is 11.6 Å². The quantitative estimate of drug-likeness (QED) is 0.721. The summed E-state index contributed by atoms with van der Waals surface area (Å²) in [5.41, 5.74) is 1.33. The molecule has 0 atom stereocenters. The molecule has 1 amide bonds. The molecule has 0 spiro atoms. The van der Waals surface area contributed by atoms with Gasteiger partial charge in [0.1, 0.15) is 11.4 Å². The first kappa shape index (κ1) is 15.3. The highest BCUT2D eigenvalue weighted by molar-refractivity contribution is 6.32. The van der Waals surface area contributed by atoms with Gasteiger partial charge in [-0.2, -0.15) is 5.10 Å². The molecule has 0 N–H and O–H groups in total. The fourth-order valence-corrected chi connectivity index (χ4v) is 2.43. The van der Waals surface area contributed by atoms with Gasteiger partial charge >= 0.3 is 0 Å². The van der Waals surface area contributed by atoms with Crippen molar-refractivity contribution in [3.05, 3.63) is 60.0 Å².